The highest BCUT2D eigenvalue weighted by Crippen LogP contribution is 2.30. The fourth-order valence-corrected chi connectivity index (χ4v) is 2.46. The monoisotopic (exact) mass is 377 g/mol. The third-order valence-corrected chi connectivity index (χ3v) is 3.71. The first kappa shape index (κ1) is 20.2. The number of nitrogens with one attached hydrogen (secondary N) is 1. The molecule has 0 radical (unpaired) electrons. The number of anilines is 1. The molecule has 1 fully saturated rings. The summed E-state index contributed by atoms with van der Waals surface area (Å²) in [7, 11) is 0. The van der Waals surface area contributed by atoms with Gasteiger partial charge in [0, 0.05) is 24.5 Å². The molecule has 0 unspecified atom stereocenters. The van der Waals surface area contributed by atoms with E-state index in [2.05, 4.69) is 32.2 Å². The molecule has 0 aromatic carbocycles. The summed E-state index contributed by atoms with van der Waals surface area (Å²) in [5, 5.41) is 15.2. The molecule has 0 spiro atoms. The fourth-order valence-electron chi connectivity index (χ4n) is 2.46. The van der Waals surface area contributed by atoms with Gasteiger partial charge in [-0.05, 0) is 5.53 Å². The Morgan fingerprint density at radius 1 is 1.70 bits per heavy atom. The van der Waals surface area contributed by atoms with E-state index >= 15 is 0 Å². The summed E-state index contributed by atoms with van der Waals surface area (Å²) >= 11 is 0. The SMILES string of the molecule is CC(=O)NCC#Cc1cn([C@H]2C[C@@H](OCN=[N+]=[N-])[C@@H](CO)O2)c(=O)nc1N. The van der Waals surface area contributed by atoms with Gasteiger partial charge in [-0.1, -0.05) is 17.0 Å². The number of hydrogen-bond donors (Lipinski definition) is 3. The van der Waals surface area contributed by atoms with Gasteiger partial charge in [0.2, 0.25) is 5.91 Å². The summed E-state index contributed by atoms with van der Waals surface area (Å²) in [6.07, 6.45) is -0.377. The zero-order valence-corrected chi connectivity index (χ0v) is 14.5. The van der Waals surface area contributed by atoms with Gasteiger partial charge in [-0.3, -0.25) is 9.36 Å². The van der Waals surface area contributed by atoms with Crippen molar-refractivity contribution in [2.24, 2.45) is 5.11 Å². The Morgan fingerprint density at radius 3 is 3.15 bits per heavy atom. The van der Waals surface area contributed by atoms with Crippen molar-refractivity contribution in [1.82, 2.24) is 14.9 Å². The lowest BCUT2D eigenvalue weighted by molar-refractivity contribution is -0.118. The van der Waals surface area contributed by atoms with Gasteiger partial charge in [-0.2, -0.15) is 4.98 Å². The minimum atomic E-state index is -0.755. The average Bonchev–Trinajstić information content (AvgIpc) is 3.03. The number of aromatic nitrogens is 2. The summed E-state index contributed by atoms with van der Waals surface area (Å²) in [4.78, 5) is 29.3. The molecule has 0 saturated carbocycles. The van der Waals surface area contributed by atoms with Crippen LogP contribution < -0.4 is 16.7 Å². The lowest BCUT2D eigenvalue weighted by Gasteiger charge is -2.15. The zero-order chi connectivity index (χ0) is 19.8. The molecule has 1 aromatic heterocycles. The van der Waals surface area contributed by atoms with E-state index in [1.54, 1.807) is 0 Å². The normalized spacial score (nSPS) is 21.0. The number of nitrogens with zero attached hydrogens (tertiary/aromatic N) is 5. The van der Waals surface area contributed by atoms with Crippen molar-refractivity contribution in [2.45, 2.75) is 31.8 Å². The second-order valence-corrected chi connectivity index (χ2v) is 5.55. The van der Waals surface area contributed by atoms with Crippen molar-refractivity contribution in [3.63, 3.8) is 0 Å². The van der Waals surface area contributed by atoms with Crippen LogP contribution in [0.1, 0.15) is 25.1 Å². The van der Waals surface area contributed by atoms with Crippen molar-refractivity contribution in [2.75, 3.05) is 25.6 Å². The van der Waals surface area contributed by atoms with Gasteiger partial charge in [0.25, 0.3) is 0 Å². The molecule has 12 heteroatoms. The molecule has 144 valence electrons. The Kier molecular flexibility index (Phi) is 7.16. The van der Waals surface area contributed by atoms with Crippen molar-refractivity contribution in [1.29, 1.82) is 0 Å². The molecule has 27 heavy (non-hydrogen) atoms. The van der Waals surface area contributed by atoms with E-state index in [1.807, 2.05) is 0 Å². The Bertz CT molecular complexity index is 852. The predicted octanol–water partition coefficient (Wildman–Crippen LogP) is -0.754. The topological polar surface area (TPSA) is 177 Å². The van der Waals surface area contributed by atoms with E-state index in [-0.39, 0.29) is 38.0 Å². The second-order valence-electron chi connectivity index (χ2n) is 5.55. The maximum atomic E-state index is 12.2. The van der Waals surface area contributed by atoms with Crippen LogP contribution in [-0.2, 0) is 14.3 Å². The van der Waals surface area contributed by atoms with Gasteiger partial charge in [-0.25, -0.2) is 4.79 Å². The maximum Gasteiger partial charge on any atom is 0.351 e. The number of azide groups is 1. The number of hydrogen-bond acceptors (Lipinski definition) is 8. The molecule has 0 bridgehead atoms. The first-order chi connectivity index (χ1) is 13.0. The third-order valence-electron chi connectivity index (χ3n) is 3.71. The summed E-state index contributed by atoms with van der Waals surface area (Å²) in [5.74, 6) is 5.18. The number of ether oxygens (including phenoxy) is 2. The molecule has 3 atom stereocenters. The number of nitrogens with two attached hydrogens (primary N) is 1. The van der Waals surface area contributed by atoms with Crippen LogP contribution in [0.3, 0.4) is 0 Å². The van der Waals surface area contributed by atoms with E-state index in [9.17, 15) is 14.7 Å². The highest BCUT2D eigenvalue weighted by Gasteiger charge is 2.37. The summed E-state index contributed by atoms with van der Waals surface area (Å²) in [6.45, 7) is 0.934. The van der Waals surface area contributed by atoms with Gasteiger partial charge < -0.3 is 25.6 Å². The number of carbonyl (C=O) groups excluding carboxylic acids is 1. The molecule has 1 amide bonds. The lowest BCUT2D eigenvalue weighted by Crippen LogP contribution is -2.29. The standard InChI is InChI=1S/C15H19N7O5/c1-9(24)18-4-2-3-10-6-22(15(25)20-14(10)16)13-5-11(12(7-23)27-13)26-8-19-21-17/h6,11-13,23H,4-5,7-8H2,1H3,(H,18,24)(H2,16,20,25)/t11-,12-,13-/m1/s1. The van der Waals surface area contributed by atoms with Gasteiger partial charge in [0.05, 0.1) is 24.8 Å². The molecule has 1 saturated heterocycles. The largest absolute Gasteiger partial charge is 0.394 e. The Balaban J connectivity index is 2.19. The van der Waals surface area contributed by atoms with Crippen LogP contribution in [-0.4, -0.2) is 52.7 Å². The number of carbonyl (C=O) groups is 1. The van der Waals surface area contributed by atoms with Crippen molar-refractivity contribution < 1.29 is 19.4 Å². The van der Waals surface area contributed by atoms with Crippen LogP contribution in [0.25, 0.3) is 10.4 Å². The molecular formula is C15H19N7O5. The lowest BCUT2D eigenvalue weighted by atomic mass is 10.2. The van der Waals surface area contributed by atoms with Crippen LogP contribution >= 0.6 is 0 Å². The van der Waals surface area contributed by atoms with Crippen LogP contribution in [0.15, 0.2) is 16.1 Å². The van der Waals surface area contributed by atoms with Crippen molar-refractivity contribution >= 4 is 11.7 Å². The molecule has 12 nitrogen and oxygen atoms in total. The van der Waals surface area contributed by atoms with Crippen molar-refractivity contribution in [3.05, 3.63) is 32.7 Å². The Labute approximate surface area is 153 Å². The van der Waals surface area contributed by atoms with Crippen LogP contribution in [0, 0.1) is 11.8 Å². The maximum absolute atomic E-state index is 12.2. The first-order valence-corrected chi connectivity index (χ1v) is 7.97. The Morgan fingerprint density at radius 2 is 2.48 bits per heavy atom. The van der Waals surface area contributed by atoms with Gasteiger partial charge >= 0.3 is 5.69 Å². The van der Waals surface area contributed by atoms with Crippen molar-refractivity contribution in [3.8, 4) is 11.8 Å². The molecule has 4 N–H and O–H groups in total. The third kappa shape index (κ3) is 5.44. The summed E-state index contributed by atoms with van der Waals surface area (Å²) in [5.41, 5.74) is 13.7. The second kappa shape index (κ2) is 9.56. The van der Waals surface area contributed by atoms with Gasteiger partial charge in [0.15, 0.2) is 0 Å². The van der Waals surface area contributed by atoms with Crippen LogP contribution in [0.5, 0.6) is 0 Å². The summed E-state index contributed by atoms with van der Waals surface area (Å²) in [6, 6.07) is 0. The van der Waals surface area contributed by atoms with E-state index in [1.165, 1.54) is 17.7 Å². The minimum absolute atomic E-state index is 0.0422. The highest BCUT2D eigenvalue weighted by atomic mass is 16.6. The average molecular weight is 377 g/mol. The number of aliphatic hydroxyl groups excluding tert-OH is 1. The molecule has 0 aliphatic carbocycles. The molecule has 2 rings (SSSR count). The zero-order valence-electron chi connectivity index (χ0n) is 14.5. The van der Waals surface area contributed by atoms with Crippen LogP contribution in [0.4, 0.5) is 5.82 Å². The quantitative estimate of drug-likeness (QED) is 0.252. The highest BCUT2D eigenvalue weighted by molar-refractivity contribution is 5.73. The van der Waals surface area contributed by atoms with E-state index in [0.717, 1.165) is 0 Å². The first-order valence-electron chi connectivity index (χ1n) is 7.97. The van der Waals surface area contributed by atoms with E-state index in [0.29, 0.717) is 5.56 Å². The predicted molar refractivity (Wildman–Crippen MR) is 93.0 cm³/mol. The molecule has 2 heterocycles. The van der Waals surface area contributed by atoms with Crippen LogP contribution in [0.2, 0.25) is 0 Å². The van der Waals surface area contributed by atoms with E-state index in [4.69, 9.17) is 20.7 Å². The van der Waals surface area contributed by atoms with Gasteiger partial charge in [0.1, 0.15) is 24.9 Å². The number of rotatable bonds is 6. The molecule has 1 aliphatic heterocycles. The number of aliphatic hydroxyl groups is 1. The smallest absolute Gasteiger partial charge is 0.351 e. The number of nitrogen functional groups attached to an aromatic ring is 1. The summed E-state index contributed by atoms with van der Waals surface area (Å²) < 4.78 is 12.2. The minimum Gasteiger partial charge on any atom is -0.394 e. The molecule has 1 aromatic rings. The van der Waals surface area contributed by atoms with E-state index < -0.39 is 24.1 Å². The number of amides is 1. The van der Waals surface area contributed by atoms with Gasteiger partial charge in [-0.15, -0.1) is 0 Å². The molecule has 1 aliphatic rings. The Hall–Kier alpha value is -3.10. The fraction of sp³-hybridized carbons (Fsp3) is 0.533. The molecular weight excluding hydrogens is 358 g/mol.